The summed E-state index contributed by atoms with van der Waals surface area (Å²) in [7, 11) is 1.67. The summed E-state index contributed by atoms with van der Waals surface area (Å²) < 4.78 is 17.6. The topological polar surface area (TPSA) is 47.9 Å². The van der Waals surface area contributed by atoms with E-state index in [9.17, 15) is 5.11 Å². The van der Waals surface area contributed by atoms with Crippen LogP contribution < -0.4 is 0 Å². The minimum absolute atomic E-state index is 0.265. The molecule has 0 radical (unpaired) electrons. The average Bonchev–Trinajstić information content (AvgIpc) is 2.72. The first-order valence-electron chi connectivity index (χ1n) is 10.9. The summed E-state index contributed by atoms with van der Waals surface area (Å²) >= 11 is 0. The van der Waals surface area contributed by atoms with Gasteiger partial charge >= 0.3 is 0 Å². The van der Waals surface area contributed by atoms with Gasteiger partial charge in [0.25, 0.3) is 0 Å². The van der Waals surface area contributed by atoms with Gasteiger partial charge in [0, 0.05) is 13.0 Å². The summed E-state index contributed by atoms with van der Waals surface area (Å²) in [6, 6.07) is 10.3. The SMILES string of the molecule is C=C1C[C@H](O)CC[C@]2(OCOC)/C(=C/CCOCc3ccccc3)[C@H]1CC[C@H]2C. The van der Waals surface area contributed by atoms with Crippen LogP contribution in [0.25, 0.3) is 0 Å². The van der Waals surface area contributed by atoms with Crippen LogP contribution in [-0.4, -0.2) is 37.3 Å². The molecule has 2 aliphatic rings. The lowest BCUT2D eigenvalue weighted by Crippen LogP contribution is -2.49. The van der Waals surface area contributed by atoms with E-state index < -0.39 is 0 Å². The van der Waals surface area contributed by atoms with E-state index in [-0.39, 0.29) is 24.4 Å². The van der Waals surface area contributed by atoms with Crippen molar-refractivity contribution in [2.45, 2.75) is 63.8 Å². The van der Waals surface area contributed by atoms with Crippen LogP contribution in [0.5, 0.6) is 0 Å². The molecule has 3 rings (SSSR count). The Hall–Kier alpha value is -1.46. The summed E-state index contributed by atoms with van der Waals surface area (Å²) in [5.74, 6) is 0.649. The lowest BCUT2D eigenvalue weighted by Gasteiger charge is -2.50. The van der Waals surface area contributed by atoms with Gasteiger partial charge in [-0.1, -0.05) is 55.5 Å². The van der Waals surface area contributed by atoms with Crippen LogP contribution in [0.3, 0.4) is 0 Å². The van der Waals surface area contributed by atoms with Gasteiger partial charge in [0.05, 0.1) is 24.9 Å². The maximum absolute atomic E-state index is 10.4. The van der Waals surface area contributed by atoms with Crippen LogP contribution in [0, 0.1) is 11.8 Å². The highest BCUT2D eigenvalue weighted by molar-refractivity contribution is 5.33. The Morgan fingerprint density at radius 1 is 1.21 bits per heavy atom. The van der Waals surface area contributed by atoms with Gasteiger partial charge in [0.2, 0.25) is 0 Å². The number of rotatable bonds is 8. The molecule has 2 saturated carbocycles. The van der Waals surface area contributed by atoms with Crippen LogP contribution in [0.15, 0.2) is 54.1 Å². The zero-order valence-corrected chi connectivity index (χ0v) is 17.9. The quantitative estimate of drug-likeness (QED) is 0.378. The lowest BCUT2D eigenvalue weighted by atomic mass is 9.61. The van der Waals surface area contributed by atoms with E-state index in [2.05, 4.69) is 31.7 Å². The van der Waals surface area contributed by atoms with Crippen molar-refractivity contribution in [1.29, 1.82) is 0 Å². The van der Waals surface area contributed by atoms with Gasteiger partial charge in [-0.05, 0) is 55.6 Å². The molecule has 0 spiro atoms. The van der Waals surface area contributed by atoms with Crippen molar-refractivity contribution in [2.75, 3.05) is 20.5 Å². The molecule has 0 aliphatic heterocycles. The van der Waals surface area contributed by atoms with Gasteiger partial charge in [0.15, 0.2) is 0 Å². The van der Waals surface area contributed by atoms with Crippen LogP contribution in [0.4, 0.5) is 0 Å². The summed E-state index contributed by atoms with van der Waals surface area (Å²) in [4.78, 5) is 0. The third-order valence-electron chi connectivity index (χ3n) is 6.56. The number of hydrogen-bond acceptors (Lipinski definition) is 4. The smallest absolute Gasteiger partial charge is 0.147 e. The molecule has 1 aromatic carbocycles. The van der Waals surface area contributed by atoms with Crippen LogP contribution in [0.1, 0.15) is 51.0 Å². The molecule has 160 valence electrons. The molecule has 2 bridgehead atoms. The molecule has 29 heavy (non-hydrogen) atoms. The molecule has 0 unspecified atom stereocenters. The minimum atomic E-state index is -0.386. The standard InChI is InChI=1S/C25H36O4/c1-19-16-22(26)13-14-25(29-18-27-3)20(2)11-12-23(19)24(25)10-7-15-28-17-21-8-5-4-6-9-21/h4-6,8-10,20,22-23,26H,1,7,11-18H2,2-3H3/b24-10+/t20-,22-,23+,25-/m1/s1. The Labute approximate surface area is 175 Å². The van der Waals surface area contributed by atoms with Gasteiger partial charge in [-0.25, -0.2) is 0 Å². The fraction of sp³-hybridized carbons (Fsp3) is 0.600. The second-order valence-corrected chi connectivity index (χ2v) is 8.51. The summed E-state index contributed by atoms with van der Waals surface area (Å²) in [6.45, 7) is 8.18. The van der Waals surface area contributed by atoms with Gasteiger partial charge < -0.3 is 19.3 Å². The number of benzene rings is 1. The number of ether oxygens (including phenoxy) is 3. The van der Waals surface area contributed by atoms with E-state index >= 15 is 0 Å². The van der Waals surface area contributed by atoms with E-state index in [1.807, 2.05) is 18.2 Å². The second-order valence-electron chi connectivity index (χ2n) is 8.51. The van der Waals surface area contributed by atoms with Crippen molar-refractivity contribution in [2.24, 2.45) is 11.8 Å². The zero-order valence-electron chi connectivity index (χ0n) is 17.9. The van der Waals surface area contributed by atoms with Gasteiger partial charge in [-0.15, -0.1) is 0 Å². The van der Waals surface area contributed by atoms with Crippen molar-refractivity contribution in [3.63, 3.8) is 0 Å². The summed E-state index contributed by atoms with van der Waals surface area (Å²) in [5, 5.41) is 10.4. The fourth-order valence-corrected chi connectivity index (χ4v) is 4.97. The predicted octanol–water partition coefficient (Wildman–Crippen LogP) is 5.03. The normalized spacial score (nSPS) is 31.5. The Morgan fingerprint density at radius 3 is 2.76 bits per heavy atom. The molecule has 0 heterocycles. The first kappa shape index (κ1) is 22.2. The molecular formula is C25H36O4. The third-order valence-corrected chi connectivity index (χ3v) is 6.56. The molecule has 4 nitrogen and oxygen atoms in total. The molecule has 1 aromatic rings. The first-order chi connectivity index (χ1) is 14.1. The Kier molecular flexibility index (Phi) is 8.07. The van der Waals surface area contributed by atoms with Crippen LogP contribution in [-0.2, 0) is 20.8 Å². The van der Waals surface area contributed by atoms with Crippen LogP contribution >= 0.6 is 0 Å². The van der Waals surface area contributed by atoms with Gasteiger partial charge in [0.1, 0.15) is 6.79 Å². The van der Waals surface area contributed by atoms with Crippen LogP contribution in [0.2, 0.25) is 0 Å². The monoisotopic (exact) mass is 400 g/mol. The highest BCUT2D eigenvalue weighted by Crippen LogP contribution is 2.51. The van der Waals surface area contributed by atoms with E-state index in [1.165, 1.54) is 11.1 Å². The van der Waals surface area contributed by atoms with E-state index in [1.54, 1.807) is 7.11 Å². The maximum Gasteiger partial charge on any atom is 0.147 e. The molecule has 2 aliphatic carbocycles. The predicted molar refractivity (Wildman–Crippen MR) is 115 cm³/mol. The van der Waals surface area contributed by atoms with Crippen molar-refractivity contribution in [3.8, 4) is 0 Å². The number of hydrogen-bond donors (Lipinski definition) is 1. The molecule has 4 heteroatoms. The van der Waals surface area contributed by atoms with E-state index in [0.717, 1.165) is 37.7 Å². The van der Waals surface area contributed by atoms with Crippen molar-refractivity contribution in [1.82, 2.24) is 0 Å². The van der Waals surface area contributed by atoms with E-state index in [4.69, 9.17) is 14.2 Å². The number of methoxy groups -OCH3 is 1. The number of aliphatic hydroxyl groups is 1. The van der Waals surface area contributed by atoms with Gasteiger partial charge in [-0.2, -0.15) is 0 Å². The Bertz CT molecular complexity index is 683. The third kappa shape index (κ3) is 5.37. The first-order valence-corrected chi connectivity index (χ1v) is 10.9. The molecule has 1 N–H and O–H groups in total. The minimum Gasteiger partial charge on any atom is -0.393 e. The largest absolute Gasteiger partial charge is 0.393 e. The Morgan fingerprint density at radius 2 is 2.00 bits per heavy atom. The zero-order chi connectivity index (χ0) is 20.7. The molecule has 4 atom stereocenters. The molecule has 0 aromatic heterocycles. The van der Waals surface area contributed by atoms with Crippen molar-refractivity contribution in [3.05, 3.63) is 59.7 Å². The summed E-state index contributed by atoms with van der Waals surface area (Å²) in [6.07, 6.45) is 7.23. The lowest BCUT2D eigenvalue weighted by molar-refractivity contribution is -0.154. The average molecular weight is 401 g/mol. The van der Waals surface area contributed by atoms with Gasteiger partial charge in [-0.3, -0.25) is 0 Å². The summed E-state index contributed by atoms with van der Waals surface area (Å²) in [5.41, 5.74) is 3.27. The highest BCUT2D eigenvalue weighted by atomic mass is 16.7. The highest BCUT2D eigenvalue weighted by Gasteiger charge is 2.48. The molecule has 0 saturated heterocycles. The molecular weight excluding hydrogens is 364 g/mol. The second kappa shape index (κ2) is 10.5. The molecule has 0 amide bonds. The van der Waals surface area contributed by atoms with Crippen molar-refractivity contribution < 1.29 is 19.3 Å². The Balaban J connectivity index is 1.75. The van der Waals surface area contributed by atoms with Crippen molar-refractivity contribution >= 4 is 0 Å². The number of aliphatic hydroxyl groups excluding tert-OH is 1. The maximum atomic E-state index is 10.4. The number of fused-ring (bicyclic) bond motifs is 2. The van der Waals surface area contributed by atoms with E-state index in [0.29, 0.717) is 25.6 Å². The molecule has 2 fully saturated rings. The fourth-order valence-electron chi connectivity index (χ4n) is 4.97.